The molecule has 0 fully saturated rings. The van der Waals surface area contributed by atoms with Crippen LogP contribution in [0.15, 0.2) is 66.2 Å². The summed E-state index contributed by atoms with van der Waals surface area (Å²) < 4.78 is 27.6. The molecule has 0 saturated heterocycles. The summed E-state index contributed by atoms with van der Waals surface area (Å²) in [5, 5.41) is 5.14. The summed E-state index contributed by atoms with van der Waals surface area (Å²) in [6.07, 6.45) is 12.9. The quantitative estimate of drug-likeness (QED) is 0.562. The van der Waals surface area contributed by atoms with E-state index in [0.29, 0.717) is 12.1 Å². The van der Waals surface area contributed by atoms with Crippen LogP contribution in [0.2, 0.25) is 0 Å². The Labute approximate surface area is 180 Å². The number of anilines is 1. The van der Waals surface area contributed by atoms with E-state index in [1.54, 1.807) is 29.0 Å². The van der Waals surface area contributed by atoms with Crippen LogP contribution in [0.3, 0.4) is 0 Å². The molecule has 1 aliphatic carbocycles. The predicted octanol–water partition coefficient (Wildman–Crippen LogP) is 4.21. The lowest BCUT2D eigenvalue weighted by Gasteiger charge is -2.31. The van der Waals surface area contributed by atoms with Crippen LogP contribution in [0.4, 0.5) is 10.1 Å². The number of aromatic nitrogens is 3. The maximum atomic E-state index is 15.2. The number of pyridine rings is 1. The summed E-state index contributed by atoms with van der Waals surface area (Å²) in [4.78, 5) is 6.34. The summed E-state index contributed by atoms with van der Waals surface area (Å²) in [5.41, 5.74) is 3.96. The van der Waals surface area contributed by atoms with Gasteiger partial charge in [0.15, 0.2) is 11.6 Å². The molecule has 4 rings (SSSR count). The molecule has 0 spiro atoms. The second-order valence-electron chi connectivity index (χ2n) is 7.27. The first kappa shape index (κ1) is 20.6. The molecular formula is C24H23FN4O2. The van der Waals surface area contributed by atoms with E-state index in [2.05, 4.69) is 16.0 Å². The number of benzene rings is 1. The molecule has 0 saturated carbocycles. The van der Waals surface area contributed by atoms with Crippen LogP contribution in [-0.2, 0) is 16.5 Å². The van der Waals surface area contributed by atoms with E-state index in [4.69, 9.17) is 15.9 Å². The molecule has 158 valence electrons. The minimum absolute atomic E-state index is 0.149. The average Bonchev–Trinajstić information content (AvgIpc) is 3.23. The van der Waals surface area contributed by atoms with Crippen molar-refractivity contribution in [2.45, 2.75) is 12.5 Å². The molecule has 1 aliphatic rings. The highest BCUT2D eigenvalue weighted by atomic mass is 19.1. The lowest BCUT2D eigenvalue weighted by molar-refractivity contribution is 0.130. The lowest BCUT2D eigenvalue weighted by atomic mass is 10.0. The van der Waals surface area contributed by atoms with Crippen molar-refractivity contribution in [3.05, 3.63) is 66.2 Å². The molecule has 2 aromatic heterocycles. The van der Waals surface area contributed by atoms with Crippen LogP contribution in [0.25, 0.3) is 22.0 Å². The maximum Gasteiger partial charge on any atom is 0.184 e. The van der Waals surface area contributed by atoms with E-state index < -0.39 is 5.83 Å². The Balaban J connectivity index is 1.78. The third-order valence-corrected chi connectivity index (χ3v) is 5.31. The van der Waals surface area contributed by atoms with Crippen LogP contribution in [-0.4, -0.2) is 41.6 Å². The normalized spacial score (nSPS) is 16.2. The standard InChI is InChI=1S/C24H23FN4O2/c1-5-8-29(22-11-20(30-3)12-23(31-4)24(22)25)19-6-7-21-16(10-19)9-17(13-26-21)18-14-27-28(2)15-18/h1,6-7,9-10,12-15,20H,8,11H2,2-4H3. The SMILES string of the molecule is C#CCN(C1=C(F)C(OC)=CC(OC)C1)c1ccc2ncc(-c3cnn(C)c3)cc2c1. The molecule has 31 heavy (non-hydrogen) atoms. The predicted molar refractivity (Wildman–Crippen MR) is 119 cm³/mol. The maximum absolute atomic E-state index is 15.2. The monoisotopic (exact) mass is 418 g/mol. The molecule has 2 heterocycles. The van der Waals surface area contributed by atoms with Gasteiger partial charge >= 0.3 is 0 Å². The number of allylic oxidation sites excluding steroid dienone is 1. The average molecular weight is 418 g/mol. The highest BCUT2D eigenvalue weighted by Crippen LogP contribution is 2.34. The molecule has 6 nitrogen and oxygen atoms in total. The Morgan fingerprint density at radius 1 is 1.26 bits per heavy atom. The highest BCUT2D eigenvalue weighted by molar-refractivity contribution is 5.86. The minimum Gasteiger partial charge on any atom is -0.494 e. The van der Waals surface area contributed by atoms with Crippen molar-refractivity contribution in [1.29, 1.82) is 0 Å². The Bertz CT molecular complexity index is 1220. The number of hydrogen-bond donors (Lipinski definition) is 0. The van der Waals surface area contributed by atoms with Gasteiger partial charge in [-0.1, -0.05) is 5.92 Å². The van der Waals surface area contributed by atoms with Gasteiger partial charge in [0.25, 0.3) is 0 Å². The highest BCUT2D eigenvalue weighted by Gasteiger charge is 2.28. The summed E-state index contributed by atoms with van der Waals surface area (Å²) in [5.74, 6) is 2.35. The van der Waals surface area contributed by atoms with Gasteiger partial charge in [0.05, 0.1) is 37.2 Å². The van der Waals surface area contributed by atoms with Crippen molar-refractivity contribution in [1.82, 2.24) is 14.8 Å². The first-order valence-electron chi connectivity index (χ1n) is 9.81. The number of hydrogen-bond acceptors (Lipinski definition) is 5. The fourth-order valence-electron chi connectivity index (χ4n) is 3.71. The molecule has 1 atom stereocenters. The van der Waals surface area contributed by atoms with Crippen molar-refractivity contribution >= 4 is 16.6 Å². The smallest absolute Gasteiger partial charge is 0.184 e. The zero-order chi connectivity index (χ0) is 22.0. The van der Waals surface area contributed by atoms with Gasteiger partial charge in [0, 0.05) is 55.2 Å². The van der Waals surface area contributed by atoms with Crippen molar-refractivity contribution in [3.63, 3.8) is 0 Å². The van der Waals surface area contributed by atoms with E-state index in [1.165, 1.54) is 7.11 Å². The van der Waals surface area contributed by atoms with Crippen LogP contribution < -0.4 is 4.90 Å². The van der Waals surface area contributed by atoms with Gasteiger partial charge in [-0.05, 0) is 30.3 Å². The Kier molecular flexibility index (Phi) is 5.74. The molecule has 0 aliphatic heterocycles. The number of halogens is 1. The topological polar surface area (TPSA) is 52.4 Å². The number of fused-ring (bicyclic) bond motifs is 1. The third-order valence-electron chi connectivity index (χ3n) is 5.31. The molecule has 1 unspecified atom stereocenters. The van der Waals surface area contributed by atoms with Gasteiger partial charge in [-0.25, -0.2) is 4.39 Å². The first-order valence-corrected chi connectivity index (χ1v) is 9.81. The number of methoxy groups -OCH3 is 2. The Hall–Kier alpha value is -3.63. The molecule has 0 bridgehead atoms. The molecule has 0 amide bonds. The number of ether oxygens (including phenoxy) is 2. The van der Waals surface area contributed by atoms with Gasteiger partial charge in [0.1, 0.15) is 0 Å². The number of terminal acetylenes is 1. The molecule has 1 aromatic carbocycles. The van der Waals surface area contributed by atoms with E-state index in [0.717, 1.165) is 27.7 Å². The minimum atomic E-state index is -0.437. The molecular weight excluding hydrogens is 395 g/mol. The second-order valence-corrected chi connectivity index (χ2v) is 7.27. The summed E-state index contributed by atoms with van der Waals surface area (Å²) >= 11 is 0. The fraction of sp³-hybridized carbons (Fsp3) is 0.250. The molecule has 7 heteroatoms. The van der Waals surface area contributed by atoms with Gasteiger partial charge < -0.3 is 14.4 Å². The van der Waals surface area contributed by atoms with E-state index in [1.807, 2.05) is 43.7 Å². The zero-order valence-corrected chi connectivity index (χ0v) is 17.7. The van der Waals surface area contributed by atoms with Crippen molar-refractivity contribution in [3.8, 4) is 23.5 Å². The van der Waals surface area contributed by atoms with Crippen LogP contribution >= 0.6 is 0 Å². The van der Waals surface area contributed by atoms with Crippen LogP contribution in [0.5, 0.6) is 0 Å². The Morgan fingerprint density at radius 3 is 2.77 bits per heavy atom. The van der Waals surface area contributed by atoms with Gasteiger partial charge in [-0.15, -0.1) is 6.42 Å². The summed E-state index contributed by atoms with van der Waals surface area (Å²) in [6.45, 7) is 0.206. The fourth-order valence-corrected chi connectivity index (χ4v) is 3.71. The van der Waals surface area contributed by atoms with Gasteiger partial charge in [0.2, 0.25) is 0 Å². The zero-order valence-electron chi connectivity index (χ0n) is 17.7. The van der Waals surface area contributed by atoms with Gasteiger partial charge in [-0.2, -0.15) is 5.10 Å². The summed E-state index contributed by atoms with van der Waals surface area (Å²) in [7, 11) is 4.90. The van der Waals surface area contributed by atoms with Crippen molar-refractivity contribution in [2.75, 3.05) is 25.7 Å². The van der Waals surface area contributed by atoms with Crippen LogP contribution in [0.1, 0.15) is 6.42 Å². The molecule has 0 N–H and O–H groups in total. The largest absolute Gasteiger partial charge is 0.494 e. The Morgan fingerprint density at radius 2 is 2.10 bits per heavy atom. The van der Waals surface area contributed by atoms with E-state index >= 15 is 4.39 Å². The van der Waals surface area contributed by atoms with Crippen molar-refractivity contribution in [2.24, 2.45) is 7.05 Å². The van der Waals surface area contributed by atoms with Crippen LogP contribution in [0, 0.1) is 12.3 Å². The number of aryl methyl sites for hydroxylation is 1. The third kappa shape index (κ3) is 4.03. The lowest BCUT2D eigenvalue weighted by Crippen LogP contribution is -2.29. The molecule has 0 radical (unpaired) electrons. The van der Waals surface area contributed by atoms with Gasteiger partial charge in [-0.3, -0.25) is 9.67 Å². The summed E-state index contributed by atoms with van der Waals surface area (Å²) in [6, 6.07) is 7.81. The second kappa shape index (κ2) is 8.62. The number of nitrogens with zero attached hydrogens (tertiary/aromatic N) is 4. The molecule has 3 aromatic rings. The van der Waals surface area contributed by atoms with E-state index in [-0.39, 0.29) is 18.4 Å². The van der Waals surface area contributed by atoms with Crippen molar-refractivity contribution < 1.29 is 13.9 Å². The first-order chi connectivity index (χ1) is 15.0. The van der Waals surface area contributed by atoms with E-state index in [9.17, 15) is 0 Å². The number of rotatable bonds is 6.